The number of carbonyl (C=O) groups is 2. The molecule has 1 aliphatic rings. The van der Waals surface area contributed by atoms with Gasteiger partial charge >= 0.3 is 5.97 Å². The van der Waals surface area contributed by atoms with E-state index in [9.17, 15) is 9.59 Å². The highest BCUT2D eigenvalue weighted by molar-refractivity contribution is 5.78. The Hall–Kier alpha value is -1.14. The van der Waals surface area contributed by atoms with Crippen LogP contribution in [0.15, 0.2) is 0 Å². The van der Waals surface area contributed by atoms with Crippen LogP contribution in [0.2, 0.25) is 0 Å². The fourth-order valence-electron chi connectivity index (χ4n) is 2.54. The maximum Gasteiger partial charge on any atom is 0.329 e. The highest BCUT2D eigenvalue weighted by Gasteiger charge is 2.25. The zero-order valence-electron chi connectivity index (χ0n) is 11.8. The molecule has 6 heteroatoms. The van der Waals surface area contributed by atoms with E-state index in [1.54, 1.807) is 4.90 Å². The van der Waals surface area contributed by atoms with Crippen molar-refractivity contribution >= 4 is 11.9 Å². The molecule has 0 aliphatic carbocycles. The van der Waals surface area contributed by atoms with Crippen LogP contribution in [-0.4, -0.2) is 72.2 Å². The van der Waals surface area contributed by atoms with Gasteiger partial charge in [0.05, 0.1) is 0 Å². The van der Waals surface area contributed by atoms with Crippen LogP contribution >= 0.6 is 0 Å². The van der Waals surface area contributed by atoms with Crippen LogP contribution in [0.4, 0.5) is 0 Å². The van der Waals surface area contributed by atoms with Gasteiger partial charge in [-0.1, -0.05) is 13.8 Å². The molecular weight excluding hydrogens is 248 g/mol. The quantitative estimate of drug-likeness (QED) is 0.727. The Morgan fingerprint density at radius 3 is 2.26 bits per heavy atom. The van der Waals surface area contributed by atoms with Crippen molar-refractivity contribution in [1.82, 2.24) is 9.80 Å². The molecule has 110 valence electrons. The maximum atomic E-state index is 11.8. The van der Waals surface area contributed by atoms with Crippen LogP contribution in [-0.2, 0) is 14.3 Å². The van der Waals surface area contributed by atoms with Crippen molar-refractivity contribution < 1.29 is 19.4 Å². The van der Waals surface area contributed by atoms with Gasteiger partial charge in [0.25, 0.3) is 0 Å². The molecule has 1 rings (SSSR count). The second kappa shape index (κ2) is 8.12. The van der Waals surface area contributed by atoms with E-state index < -0.39 is 12.6 Å². The Balaban J connectivity index is 2.28. The Morgan fingerprint density at radius 2 is 1.79 bits per heavy atom. The molecule has 0 atom stereocenters. The van der Waals surface area contributed by atoms with E-state index >= 15 is 0 Å². The van der Waals surface area contributed by atoms with Gasteiger partial charge in [0.1, 0.15) is 13.2 Å². The second-order valence-corrected chi connectivity index (χ2v) is 4.72. The number of hydrogen-bond donors (Lipinski definition) is 1. The third kappa shape index (κ3) is 5.16. The molecule has 1 heterocycles. The van der Waals surface area contributed by atoms with E-state index in [-0.39, 0.29) is 12.5 Å². The van der Waals surface area contributed by atoms with Gasteiger partial charge in [-0.2, -0.15) is 0 Å². The van der Waals surface area contributed by atoms with Gasteiger partial charge in [-0.15, -0.1) is 0 Å². The fourth-order valence-corrected chi connectivity index (χ4v) is 2.54. The van der Waals surface area contributed by atoms with Crippen molar-refractivity contribution in [2.75, 3.05) is 39.4 Å². The number of amides is 1. The monoisotopic (exact) mass is 272 g/mol. The largest absolute Gasteiger partial charge is 0.480 e. The number of ether oxygens (including phenoxy) is 1. The maximum absolute atomic E-state index is 11.8. The number of likely N-dealkylation sites (tertiary alicyclic amines) is 1. The summed E-state index contributed by atoms with van der Waals surface area (Å²) in [4.78, 5) is 26.3. The minimum Gasteiger partial charge on any atom is -0.480 e. The third-order valence-corrected chi connectivity index (χ3v) is 3.60. The second-order valence-electron chi connectivity index (χ2n) is 4.72. The van der Waals surface area contributed by atoms with E-state index in [1.165, 1.54) is 0 Å². The summed E-state index contributed by atoms with van der Waals surface area (Å²) in [7, 11) is 0. The van der Waals surface area contributed by atoms with Crippen molar-refractivity contribution in [1.29, 1.82) is 0 Å². The van der Waals surface area contributed by atoms with Gasteiger partial charge in [0.2, 0.25) is 5.91 Å². The molecule has 1 N–H and O–H groups in total. The summed E-state index contributed by atoms with van der Waals surface area (Å²) in [5, 5.41) is 8.43. The van der Waals surface area contributed by atoms with E-state index in [4.69, 9.17) is 9.84 Å². The fraction of sp³-hybridized carbons (Fsp3) is 0.846. The Morgan fingerprint density at radius 1 is 1.21 bits per heavy atom. The molecule has 0 spiro atoms. The van der Waals surface area contributed by atoms with Gasteiger partial charge in [-0.3, -0.25) is 4.79 Å². The Kier molecular flexibility index (Phi) is 6.80. The molecule has 1 fully saturated rings. The summed E-state index contributed by atoms with van der Waals surface area (Å²) in [6, 6.07) is 0.555. The van der Waals surface area contributed by atoms with Gasteiger partial charge in [0, 0.05) is 19.1 Å². The number of carbonyl (C=O) groups excluding carboxylic acids is 1. The number of carboxylic acids is 1. The first-order chi connectivity index (χ1) is 9.08. The average Bonchev–Trinajstić information content (AvgIpc) is 2.40. The molecule has 1 saturated heterocycles. The molecule has 0 saturated carbocycles. The van der Waals surface area contributed by atoms with Crippen LogP contribution in [0.1, 0.15) is 26.7 Å². The lowest BCUT2D eigenvalue weighted by Gasteiger charge is -2.37. The molecular formula is C13H24N2O4. The molecule has 6 nitrogen and oxygen atoms in total. The van der Waals surface area contributed by atoms with Gasteiger partial charge in [-0.05, 0) is 25.9 Å². The standard InChI is InChI=1S/C13H24N2O4/c1-3-14(4-2)11-5-7-15(8-6-11)12(16)9-19-10-13(17)18/h11H,3-10H2,1-2H3,(H,17,18). The zero-order chi connectivity index (χ0) is 14.3. The zero-order valence-corrected chi connectivity index (χ0v) is 11.8. The van der Waals surface area contributed by atoms with Crippen molar-refractivity contribution in [2.24, 2.45) is 0 Å². The lowest BCUT2D eigenvalue weighted by atomic mass is 10.0. The summed E-state index contributed by atoms with van der Waals surface area (Å²) < 4.78 is 4.83. The number of piperidine rings is 1. The first-order valence-corrected chi connectivity index (χ1v) is 6.89. The van der Waals surface area contributed by atoms with E-state index in [2.05, 4.69) is 18.7 Å². The van der Waals surface area contributed by atoms with Crippen LogP contribution in [0.5, 0.6) is 0 Å². The predicted molar refractivity (Wildman–Crippen MR) is 71.0 cm³/mol. The smallest absolute Gasteiger partial charge is 0.329 e. The van der Waals surface area contributed by atoms with Crippen molar-refractivity contribution in [3.8, 4) is 0 Å². The van der Waals surface area contributed by atoms with Crippen LogP contribution < -0.4 is 0 Å². The predicted octanol–water partition coefficient (Wildman–Crippen LogP) is 0.420. The molecule has 0 bridgehead atoms. The van der Waals surface area contributed by atoms with E-state index in [0.29, 0.717) is 6.04 Å². The minimum absolute atomic E-state index is 0.112. The molecule has 0 aromatic rings. The number of hydrogen-bond acceptors (Lipinski definition) is 4. The lowest BCUT2D eigenvalue weighted by molar-refractivity contribution is -0.146. The summed E-state index contributed by atoms with van der Waals surface area (Å²) in [6.45, 7) is 7.30. The van der Waals surface area contributed by atoms with Gasteiger partial charge in [-0.25, -0.2) is 4.79 Å². The van der Waals surface area contributed by atoms with Crippen molar-refractivity contribution in [3.05, 3.63) is 0 Å². The summed E-state index contributed by atoms with van der Waals surface area (Å²) >= 11 is 0. The first kappa shape index (κ1) is 15.9. The van der Waals surface area contributed by atoms with E-state index in [0.717, 1.165) is 39.0 Å². The molecule has 0 aromatic heterocycles. The number of aliphatic carboxylic acids is 1. The number of carboxylic acid groups (broad SMARTS) is 1. The van der Waals surface area contributed by atoms with Crippen LogP contribution in [0.3, 0.4) is 0 Å². The molecule has 0 unspecified atom stereocenters. The van der Waals surface area contributed by atoms with Gasteiger partial charge in [0.15, 0.2) is 0 Å². The van der Waals surface area contributed by atoms with Crippen molar-refractivity contribution in [2.45, 2.75) is 32.7 Å². The van der Waals surface area contributed by atoms with Crippen molar-refractivity contribution in [3.63, 3.8) is 0 Å². The SMILES string of the molecule is CCN(CC)C1CCN(C(=O)COCC(=O)O)CC1. The highest BCUT2D eigenvalue weighted by Crippen LogP contribution is 2.16. The number of rotatable bonds is 7. The molecule has 1 amide bonds. The molecule has 19 heavy (non-hydrogen) atoms. The number of nitrogens with zero attached hydrogens (tertiary/aromatic N) is 2. The third-order valence-electron chi connectivity index (χ3n) is 3.60. The molecule has 0 aromatic carbocycles. The molecule has 1 aliphatic heterocycles. The van der Waals surface area contributed by atoms with Crippen LogP contribution in [0, 0.1) is 0 Å². The Bertz CT molecular complexity index is 297. The van der Waals surface area contributed by atoms with E-state index in [1.807, 2.05) is 0 Å². The summed E-state index contributed by atoms with van der Waals surface area (Å²) in [5.74, 6) is -1.16. The lowest BCUT2D eigenvalue weighted by Crippen LogP contribution is -2.47. The Labute approximate surface area is 114 Å². The topological polar surface area (TPSA) is 70.1 Å². The molecule has 0 radical (unpaired) electrons. The summed E-state index contributed by atoms with van der Waals surface area (Å²) in [6.07, 6.45) is 1.96. The highest BCUT2D eigenvalue weighted by atomic mass is 16.5. The van der Waals surface area contributed by atoms with Gasteiger partial charge < -0.3 is 19.6 Å². The summed E-state index contributed by atoms with van der Waals surface area (Å²) in [5.41, 5.74) is 0. The minimum atomic E-state index is -1.05. The normalized spacial score (nSPS) is 16.9. The first-order valence-electron chi connectivity index (χ1n) is 6.89. The van der Waals surface area contributed by atoms with Crippen LogP contribution in [0.25, 0.3) is 0 Å². The average molecular weight is 272 g/mol.